The summed E-state index contributed by atoms with van der Waals surface area (Å²) < 4.78 is 27.6. The topological polar surface area (TPSA) is 86.8 Å². The van der Waals surface area contributed by atoms with E-state index in [0.29, 0.717) is 31.1 Å². The van der Waals surface area contributed by atoms with E-state index >= 15 is 0 Å². The lowest BCUT2D eigenvalue weighted by atomic mass is 9.87. The Hall–Kier alpha value is -1.93. The Morgan fingerprint density at radius 1 is 1.06 bits per heavy atom. The van der Waals surface area contributed by atoms with Gasteiger partial charge in [-0.3, -0.25) is 9.59 Å². The number of hydrogen-bond acceptors (Lipinski definition) is 4. The average Bonchev–Trinajstić information content (AvgIpc) is 2.77. The van der Waals surface area contributed by atoms with Crippen molar-refractivity contribution in [1.82, 2.24) is 9.62 Å². The van der Waals surface area contributed by atoms with Crippen molar-refractivity contribution in [2.45, 2.75) is 75.6 Å². The van der Waals surface area contributed by atoms with Gasteiger partial charge in [-0.05, 0) is 74.6 Å². The van der Waals surface area contributed by atoms with Crippen LogP contribution in [0.1, 0.15) is 63.9 Å². The maximum atomic E-state index is 13.0. The van der Waals surface area contributed by atoms with Gasteiger partial charge in [0, 0.05) is 31.2 Å². The maximum absolute atomic E-state index is 13.0. The molecule has 0 spiro atoms. The second-order valence-corrected chi connectivity index (χ2v) is 11.2. The number of sulfonamides is 1. The second kappa shape index (κ2) is 9.28. The number of benzene rings is 1. The van der Waals surface area contributed by atoms with Gasteiger partial charge in [-0.2, -0.15) is 4.31 Å². The summed E-state index contributed by atoms with van der Waals surface area (Å²) >= 11 is 0. The molecule has 7 nitrogen and oxygen atoms in total. The fourth-order valence-electron chi connectivity index (χ4n) is 4.95. The van der Waals surface area contributed by atoms with Crippen LogP contribution in [-0.2, 0) is 26.0 Å². The molecular weight excluding hydrogens is 414 g/mol. The minimum Gasteiger partial charge on any atom is -0.352 e. The van der Waals surface area contributed by atoms with Crippen LogP contribution >= 0.6 is 0 Å². The minimum absolute atomic E-state index is 0.0177. The van der Waals surface area contributed by atoms with Crippen LogP contribution in [0.4, 0.5) is 5.69 Å². The molecule has 2 fully saturated rings. The smallest absolute Gasteiger partial charge is 0.243 e. The molecule has 1 aromatic carbocycles. The van der Waals surface area contributed by atoms with Gasteiger partial charge in [0.1, 0.15) is 6.54 Å². The number of carbonyl (C=O) groups is 2. The Morgan fingerprint density at radius 2 is 1.77 bits per heavy atom. The molecule has 8 heteroatoms. The highest BCUT2D eigenvalue weighted by atomic mass is 32.2. The molecule has 2 amide bonds. The lowest BCUT2D eigenvalue weighted by molar-refractivity contribution is -0.124. The molecule has 1 saturated heterocycles. The minimum atomic E-state index is -3.52. The van der Waals surface area contributed by atoms with Gasteiger partial charge in [0.05, 0.1) is 4.90 Å². The molecule has 0 bridgehead atoms. The van der Waals surface area contributed by atoms with Crippen LogP contribution in [0, 0.1) is 5.92 Å². The summed E-state index contributed by atoms with van der Waals surface area (Å²) in [5.74, 6) is 0.469. The largest absolute Gasteiger partial charge is 0.352 e. The fraction of sp³-hybridized carbons (Fsp3) is 0.652. The Balaban J connectivity index is 1.48. The summed E-state index contributed by atoms with van der Waals surface area (Å²) in [4.78, 5) is 27.0. The van der Waals surface area contributed by atoms with Gasteiger partial charge in [0.2, 0.25) is 21.8 Å². The van der Waals surface area contributed by atoms with Gasteiger partial charge in [0.25, 0.3) is 0 Å². The first kappa shape index (κ1) is 22.3. The van der Waals surface area contributed by atoms with Crippen LogP contribution in [0.5, 0.6) is 0 Å². The number of rotatable bonds is 5. The van der Waals surface area contributed by atoms with Gasteiger partial charge in [-0.25, -0.2) is 8.42 Å². The van der Waals surface area contributed by atoms with Crippen molar-refractivity contribution >= 4 is 27.5 Å². The summed E-state index contributed by atoms with van der Waals surface area (Å²) in [6.07, 6.45) is 7.82. The summed E-state index contributed by atoms with van der Waals surface area (Å²) in [7, 11) is -3.52. The Kier molecular flexibility index (Phi) is 6.67. The Labute approximate surface area is 185 Å². The molecule has 3 aliphatic rings. The maximum Gasteiger partial charge on any atom is 0.243 e. The average molecular weight is 448 g/mol. The van der Waals surface area contributed by atoms with Crippen molar-refractivity contribution in [1.29, 1.82) is 0 Å². The molecule has 1 N–H and O–H groups in total. The highest BCUT2D eigenvalue weighted by molar-refractivity contribution is 7.89. The molecule has 0 atom stereocenters. The number of carbonyl (C=O) groups excluding carboxylic acids is 2. The van der Waals surface area contributed by atoms with Crippen LogP contribution < -0.4 is 10.2 Å². The monoisotopic (exact) mass is 447 g/mol. The van der Waals surface area contributed by atoms with Crippen molar-refractivity contribution in [3.63, 3.8) is 0 Å². The quantitative estimate of drug-likeness (QED) is 0.752. The predicted octanol–water partition coefficient (Wildman–Crippen LogP) is 2.84. The molecule has 1 saturated carbocycles. The third-order valence-corrected chi connectivity index (χ3v) is 8.78. The SMILES string of the molecule is CC1CCC(NC(=O)CN2C(=O)CCc3cc(S(=O)(=O)N4CCCCC4)ccc32)CC1. The van der Waals surface area contributed by atoms with Gasteiger partial charge in [0.15, 0.2) is 0 Å². The van der Waals surface area contributed by atoms with Crippen LogP contribution in [0.15, 0.2) is 23.1 Å². The second-order valence-electron chi connectivity index (χ2n) is 9.26. The van der Waals surface area contributed by atoms with Crippen LogP contribution in [0.2, 0.25) is 0 Å². The summed E-state index contributed by atoms with van der Waals surface area (Å²) in [5.41, 5.74) is 1.47. The van der Waals surface area contributed by atoms with Crippen LogP contribution in [0.3, 0.4) is 0 Å². The van der Waals surface area contributed by atoms with E-state index < -0.39 is 10.0 Å². The van der Waals surface area contributed by atoms with Crippen molar-refractivity contribution < 1.29 is 18.0 Å². The van der Waals surface area contributed by atoms with Gasteiger partial charge < -0.3 is 10.2 Å². The molecule has 0 radical (unpaired) electrons. The molecule has 2 aliphatic heterocycles. The Morgan fingerprint density at radius 3 is 2.48 bits per heavy atom. The number of nitrogens with zero attached hydrogens (tertiary/aromatic N) is 2. The first-order chi connectivity index (χ1) is 14.8. The van der Waals surface area contributed by atoms with Gasteiger partial charge in [-0.15, -0.1) is 0 Å². The lowest BCUT2D eigenvalue weighted by Crippen LogP contribution is -2.46. The standard InChI is InChI=1S/C23H33N3O4S/c1-17-5-8-19(9-6-17)24-22(27)16-26-21-11-10-20(15-18(21)7-12-23(26)28)31(29,30)25-13-3-2-4-14-25/h10-11,15,17,19H,2-9,12-14,16H2,1H3,(H,24,27). The normalized spacial score (nSPS) is 25.2. The van der Waals surface area contributed by atoms with E-state index in [0.717, 1.165) is 50.5 Å². The number of aryl methyl sites for hydroxylation is 1. The number of anilines is 1. The van der Waals surface area contributed by atoms with E-state index in [1.54, 1.807) is 22.5 Å². The third-order valence-electron chi connectivity index (χ3n) is 6.89. The van der Waals surface area contributed by atoms with E-state index in [1.807, 2.05) is 0 Å². The lowest BCUT2D eigenvalue weighted by Gasteiger charge is -2.32. The Bertz CT molecular complexity index is 932. The molecule has 2 heterocycles. The number of amides is 2. The highest BCUT2D eigenvalue weighted by Crippen LogP contribution is 2.31. The molecule has 1 aromatic rings. The predicted molar refractivity (Wildman–Crippen MR) is 119 cm³/mol. The summed E-state index contributed by atoms with van der Waals surface area (Å²) in [5, 5.41) is 3.08. The van der Waals surface area contributed by atoms with Crippen LogP contribution in [-0.4, -0.2) is 50.2 Å². The fourth-order valence-corrected chi connectivity index (χ4v) is 6.51. The molecule has 170 valence electrons. The highest BCUT2D eigenvalue weighted by Gasteiger charge is 2.31. The molecule has 4 rings (SSSR count). The number of hydrogen-bond donors (Lipinski definition) is 1. The molecule has 31 heavy (non-hydrogen) atoms. The van der Waals surface area contributed by atoms with Gasteiger partial charge >= 0.3 is 0 Å². The van der Waals surface area contributed by atoms with Crippen molar-refractivity contribution in [3.8, 4) is 0 Å². The first-order valence-corrected chi connectivity index (χ1v) is 13.0. The third kappa shape index (κ3) is 4.95. The van der Waals surface area contributed by atoms with Gasteiger partial charge in [-0.1, -0.05) is 13.3 Å². The number of fused-ring (bicyclic) bond motifs is 1. The van der Waals surface area contributed by atoms with Crippen molar-refractivity contribution in [2.24, 2.45) is 5.92 Å². The zero-order valence-corrected chi connectivity index (χ0v) is 19.1. The van der Waals surface area contributed by atoms with Crippen molar-refractivity contribution in [3.05, 3.63) is 23.8 Å². The van der Waals surface area contributed by atoms with Crippen molar-refractivity contribution in [2.75, 3.05) is 24.5 Å². The summed E-state index contributed by atoms with van der Waals surface area (Å²) in [6.45, 7) is 3.34. The number of piperidine rings is 1. The first-order valence-electron chi connectivity index (χ1n) is 11.6. The molecule has 0 aromatic heterocycles. The number of nitrogens with one attached hydrogen (secondary N) is 1. The van der Waals surface area contributed by atoms with E-state index in [2.05, 4.69) is 12.2 Å². The zero-order valence-electron chi connectivity index (χ0n) is 18.3. The zero-order chi connectivity index (χ0) is 22.0. The van der Waals surface area contributed by atoms with E-state index in [1.165, 1.54) is 4.90 Å². The van der Waals surface area contributed by atoms with E-state index in [-0.39, 0.29) is 35.7 Å². The molecular formula is C23H33N3O4S. The van der Waals surface area contributed by atoms with E-state index in [4.69, 9.17) is 0 Å². The summed E-state index contributed by atoms with van der Waals surface area (Å²) in [6, 6.07) is 5.15. The molecule has 0 unspecified atom stereocenters. The molecule has 1 aliphatic carbocycles. The van der Waals surface area contributed by atoms with Crippen LogP contribution in [0.25, 0.3) is 0 Å². The van der Waals surface area contributed by atoms with E-state index in [9.17, 15) is 18.0 Å².